The molecule has 5 fully saturated rings. The lowest BCUT2D eigenvalue weighted by Gasteiger charge is -2.39. The van der Waals surface area contributed by atoms with Crippen molar-refractivity contribution in [1.29, 1.82) is 0 Å². The van der Waals surface area contributed by atoms with Crippen molar-refractivity contribution < 1.29 is 0 Å². The first-order valence-electron chi connectivity index (χ1n) is 43.2. The summed E-state index contributed by atoms with van der Waals surface area (Å²) in [5.41, 5.74) is 17.6. The van der Waals surface area contributed by atoms with Gasteiger partial charge in [0.2, 0.25) is 28.2 Å². The Hall–Kier alpha value is -9.83. The first kappa shape index (κ1) is 89.6. The van der Waals surface area contributed by atoms with Crippen LogP contribution in [0.5, 0.6) is 0 Å². The van der Waals surface area contributed by atoms with Crippen LogP contribution in [0.15, 0.2) is 134 Å². The van der Waals surface area contributed by atoms with Crippen molar-refractivity contribution in [3.8, 4) is 56.3 Å². The summed E-state index contributed by atoms with van der Waals surface area (Å²) in [6.07, 6.45) is 24.6. The molecule has 0 amide bonds. The molecule has 0 bridgehead atoms. The van der Waals surface area contributed by atoms with E-state index in [1.807, 2.05) is 116 Å². The summed E-state index contributed by atoms with van der Waals surface area (Å²) < 4.78 is 0. The highest BCUT2D eigenvalue weighted by Crippen LogP contribution is 2.43. The van der Waals surface area contributed by atoms with Crippen LogP contribution in [-0.2, 0) is 0 Å². The predicted molar refractivity (Wildman–Crippen MR) is 516 cm³/mol. The molecule has 0 aliphatic carbocycles. The van der Waals surface area contributed by atoms with Gasteiger partial charge in [-0.1, -0.05) is 212 Å². The summed E-state index contributed by atoms with van der Waals surface area (Å²) in [7, 11) is 0. The quantitative estimate of drug-likeness (QED) is 0.0717. The fourth-order valence-corrected chi connectivity index (χ4v) is 18.3. The Balaban J connectivity index is 0.000000116. The van der Waals surface area contributed by atoms with Crippen LogP contribution in [0.2, 0.25) is 40.2 Å². The van der Waals surface area contributed by atoms with Crippen LogP contribution < -0.4 is 24.5 Å². The Bertz CT molecular complexity index is 6310. The van der Waals surface area contributed by atoms with Gasteiger partial charge in [-0.3, -0.25) is 25.5 Å². The van der Waals surface area contributed by atoms with Crippen molar-refractivity contribution in [2.24, 2.45) is 27.1 Å². The van der Waals surface area contributed by atoms with Gasteiger partial charge in [0.25, 0.3) is 0 Å². The number of anilines is 5. The molecule has 656 valence electrons. The molecule has 33 heteroatoms. The van der Waals surface area contributed by atoms with E-state index < -0.39 is 0 Å². The molecule has 0 unspecified atom stereocenters. The molecule has 5 N–H and O–H groups in total. The normalized spacial score (nSPS) is 17.1. The van der Waals surface area contributed by atoms with Crippen molar-refractivity contribution in [1.82, 2.24) is 101 Å². The highest BCUT2D eigenvalue weighted by molar-refractivity contribution is 6.42. The SMILES string of the molecule is CC1(C)CCN(c2cnc3c(-c4cc(Cl)cc(Cl)c4)[nH]nc3n2)CC1.CC1(C)CCN(c2cnc3c(-c4cccc(Cl)c4)[nH]nc3n2)CC1.CCC1(C)CCN(c2cnc3c(-c4cc(Cl)cc(Cl)c4)[nH]nc3n2)CC1.CCC1(C)CCN(c2cnc3c(-c4ccc(Cl)c(Cl)c4)[nH]nc3n2)CC1.CCC1(C)CCN(c2cnc3c(-c4cccc(Cl)c4)[nH]nc3n2)CC1. The molecule has 5 aliphatic heterocycles. The van der Waals surface area contributed by atoms with Gasteiger partial charge in [-0.25, -0.2) is 49.8 Å². The number of benzene rings is 5. The molecule has 0 saturated carbocycles. The van der Waals surface area contributed by atoms with Gasteiger partial charge in [0.05, 0.1) is 69.5 Å². The summed E-state index contributed by atoms with van der Waals surface area (Å²) in [6, 6.07) is 31.6. The van der Waals surface area contributed by atoms with Crippen molar-refractivity contribution in [2.75, 3.05) is 89.9 Å². The van der Waals surface area contributed by atoms with Gasteiger partial charge in [-0.15, -0.1) is 0 Å². The Kier molecular flexibility index (Phi) is 26.9. The zero-order chi connectivity index (χ0) is 88.4. The van der Waals surface area contributed by atoms with Crippen LogP contribution in [0.3, 0.4) is 0 Å². The molecule has 0 radical (unpaired) electrons. The fourth-order valence-electron chi connectivity index (χ4n) is 16.6. The molecule has 20 rings (SSSR count). The minimum Gasteiger partial charge on any atom is -0.355 e. The van der Waals surface area contributed by atoms with Gasteiger partial charge in [0, 0.05) is 123 Å². The Morgan fingerprint density at radius 2 is 0.508 bits per heavy atom. The lowest BCUT2D eigenvalue weighted by molar-refractivity contribution is 0.237. The molecule has 0 atom stereocenters. The third-order valence-corrected chi connectivity index (χ3v) is 28.4. The molecule has 126 heavy (non-hydrogen) atoms. The molecule has 0 spiro atoms. The van der Waals surface area contributed by atoms with Crippen LogP contribution in [0.25, 0.3) is 112 Å². The summed E-state index contributed by atoms with van der Waals surface area (Å²) in [4.78, 5) is 58.2. The maximum Gasteiger partial charge on any atom is 0.202 e. The van der Waals surface area contributed by atoms with E-state index in [-0.39, 0.29) is 0 Å². The van der Waals surface area contributed by atoms with Gasteiger partial charge in [0.15, 0.2) is 0 Å². The number of aromatic nitrogens is 20. The van der Waals surface area contributed by atoms with Gasteiger partial charge in [-0.05, 0) is 164 Å². The van der Waals surface area contributed by atoms with Gasteiger partial charge < -0.3 is 24.5 Å². The highest BCUT2D eigenvalue weighted by Gasteiger charge is 2.34. The van der Waals surface area contributed by atoms with Crippen molar-refractivity contribution in [2.45, 2.75) is 153 Å². The molecule has 5 aliphatic rings. The molecule has 5 aromatic carbocycles. The van der Waals surface area contributed by atoms with E-state index in [1.165, 1.54) is 70.6 Å². The number of hydrogen-bond donors (Lipinski definition) is 5. The smallest absolute Gasteiger partial charge is 0.202 e. The van der Waals surface area contributed by atoms with Crippen molar-refractivity contribution in [3.05, 3.63) is 174 Å². The van der Waals surface area contributed by atoms with E-state index in [9.17, 15) is 0 Å². The largest absolute Gasteiger partial charge is 0.355 e. The molecule has 10 aromatic heterocycles. The highest BCUT2D eigenvalue weighted by atomic mass is 35.5. The van der Waals surface area contributed by atoms with Crippen molar-refractivity contribution >= 4 is 178 Å². The second-order valence-electron chi connectivity index (χ2n) is 36.2. The van der Waals surface area contributed by atoms with Crippen molar-refractivity contribution in [3.63, 3.8) is 0 Å². The van der Waals surface area contributed by atoms with Crippen LogP contribution in [0.1, 0.15) is 153 Å². The second kappa shape index (κ2) is 37.8. The molecule has 15 aromatic rings. The zero-order valence-electron chi connectivity index (χ0n) is 72.4. The summed E-state index contributed by atoms with van der Waals surface area (Å²) >= 11 is 48.8. The third kappa shape index (κ3) is 20.6. The number of rotatable bonds is 13. The average Bonchev–Trinajstić information content (AvgIpc) is 1.67. The number of halogens is 8. The van der Waals surface area contributed by atoms with Crippen LogP contribution >= 0.6 is 92.8 Å². The lowest BCUT2D eigenvalue weighted by atomic mass is 9.78. The third-order valence-electron chi connectivity index (χ3n) is 26.3. The summed E-state index contributed by atoms with van der Waals surface area (Å²) in [5, 5.41) is 41.6. The number of aromatic amines is 5. The molecular formula is C93H103Cl8N25. The number of hydrogen-bond acceptors (Lipinski definition) is 20. The topological polar surface area (TPSA) is 288 Å². The van der Waals surface area contributed by atoms with Gasteiger partial charge >= 0.3 is 0 Å². The zero-order valence-corrected chi connectivity index (χ0v) is 78.5. The molecule has 5 saturated heterocycles. The van der Waals surface area contributed by atoms with E-state index in [0.29, 0.717) is 95.5 Å². The maximum absolute atomic E-state index is 6.13. The first-order chi connectivity index (χ1) is 60.5. The van der Waals surface area contributed by atoms with E-state index in [4.69, 9.17) is 118 Å². The van der Waals surface area contributed by atoms with E-state index >= 15 is 0 Å². The first-order valence-corrected chi connectivity index (χ1v) is 46.2. The Morgan fingerprint density at radius 3 is 0.754 bits per heavy atom. The summed E-state index contributed by atoms with van der Waals surface area (Å²) in [6.45, 7) is 33.3. The Labute approximate surface area is 773 Å². The monoisotopic (exact) mass is 1850 g/mol. The van der Waals surface area contributed by atoms with E-state index in [1.54, 1.807) is 18.2 Å². The molecule has 15 heterocycles. The average molecular weight is 1850 g/mol. The number of H-pyrrole nitrogens is 5. The lowest BCUT2D eigenvalue weighted by Crippen LogP contribution is -2.38. The Morgan fingerprint density at radius 1 is 0.270 bits per heavy atom. The van der Waals surface area contributed by atoms with E-state index in [2.05, 4.69) is 170 Å². The van der Waals surface area contributed by atoms with Gasteiger partial charge in [-0.2, -0.15) is 25.5 Å². The number of nitrogens with zero attached hydrogens (tertiary/aromatic N) is 20. The molecular weight excluding hydrogens is 1750 g/mol. The van der Waals surface area contributed by atoms with Crippen LogP contribution in [0.4, 0.5) is 29.1 Å². The van der Waals surface area contributed by atoms with Gasteiger partial charge in [0.1, 0.15) is 56.7 Å². The van der Waals surface area contributed by atoms with Crippen LogP contribution in [-0.4, -0.2) is 166 Å². The number of nitrogens with one attached hydrogen (secondary N) is 5. The number of piperidine rings is 5. The minimum atomic E-state index is 0.402. The minimum absolute atomic E-state index is 0.402. The number of fused-ring (bicyclic) bond motifs is 5. The second-order valence-corrected chi connectivity index (χ2v) is 39.7. The standard InChI is InChI=1S/2C19H21Cl2N5.C19H22ClN5.C18H19Cl2N5.C18H20ClN5/c1-3-19(2)4-6-26(7-5-19)15-11-22-17-16(24-25-18(17)23-15)12-8-13(20)10-14(21)9-12;1-3-19(2)6-8-26(9-7-19)15-11-22-17-16(24-25-18(17)23-15)12-4-5-13(20)14(21)10-12;1-3-19(2)7-9-25(10-8-19)15-12-21-17-16(23-24-18(17)22-15)13-5-4-6-14(20)11-13;1-18(2)3-5-25(6-4-18)14-10-21-16-15(23-24-17(16)22-14)11-7-12(19)9-13(20)8-11;1-18(2)6-8-24(9-7-18)14-11-20-16-15(22-23-17(16)21-14)12-4-3-5-13(19)10-12/h8-11H,3-7H2,1-2H3,(H,23,24,25);4-5,10-11H,3,6-9H2,1-2H3,(H,23,24,25);4-6,11-12H,3,7-10H2,1-2H3,(H,22,23,24);7-10H,3-6H2,1-2H3,(H,22,23,24);3-5,10-11H,6-9H2,1-2H3,(H,21,22,23). The van der Waals surface area contributed by atoms with Crippen LogP contribution in [0, 0.1) is 27.1 Å². The van der Waals surface area contributed by atoms with E-state index in [0.717, 1.165) is 191 Å². The molecule has 25 nitrogen and oxygen atoms in total. The maximum atomic E-state index is 6.13. The predicted octanol–water partition coefficient (Wildman–Crippen LogP) is 24.6. The summed E-state index contributed by atoms with van der Waals surface area (Å²) in [5.74, 6) is 4.47. The fraction of sp³-hybridized carbons (Fsp3) is 0.409.